The molecule has 0 radical (unpaired) electrons. The lowest BCUT2D eigenvalue weighted by atomic mass is 10.0. The van der Waals surface area contributed by atoms with Crippen LogP contribution < -0.4 is 5.32 Å². The van der Waals surface area contributed by atoms with Crippen molar-refractivity contribution in [2.75, 3.05) is 18.4 Å². The monoisotopic (exact) mass is 394 g/mol. The molecule has 0 aliphatic carbocycles. The van der Waals surface area contributed by atoms with Crippen LogP contribution in [-0.2, 0) is 11.2 Å². The fourth-order valence-electron chi connectivity index (χ4n) is 3.16. The highest BCUT2D eigenvalue weighted by Crippen LogP contribution is 2.14. The summed E-state index contributed by atoms with van der Waals surface area (Å²) in [6.45, 7) is 7.25. The van der Waals surface area contributed by atoms with Crippen LogP contribution in [-0.4, -0.2) is 35.6 Å². The number of rotatable bonds is 10. The molecule has 2 aromatic carbocycles. The molecular formula is C24H30N2O3. The van der Waals surface area contributed by atoms with E-state index in [2.05, 4.69) is 12.2 Å². The topological polar surface area (TPSA) is 66.5 Å². The van der Waals surface area contributed by atoms with E-state index < -0.39 is 0 Å². The minimum absolute atomic E-state index is 0.0475. The van der Waals surface area contributed by atoms with Crippen LogP contribution in [0.4, 0.5) is 5.69 Å². The largest absolute Gasteiger partial charge is 0.339 e. The molecule has 5 nitrogen and oxygen atoms in total. The fourth-order valence-corrected chi connectivity index (χ4v) is 3.16. The van der Waals surface area contributed by atoms with Crippen molar-refractivity contribution in [2.24, 2.45) is 0 Å². The van der Waals surface area contributed by atoms with E-state index in [1.54, 1.807) is 29.2 Å². The zero-order chi connectivity index (χ0) is 21.2. The van der Waals surface area contributed by atoms with Gasteiger partial charge in [-0.1, -0.05) is 43.7 Å². The molecule has 29 heavy (non-hydrogen) atoms. The highest BCUT2D eigenvalue weighted by molar-refractivity contribution is 6.01. The molecule has 0 fully saturated rings. The highest BCUT2D eigenvalue weighted by atomic mass is 16.2. The standard InChI is InChI=1S/C24H30N2O3/c1-4-8-18-11-13-19(14-12-18)22(27)15-16-23(28)25-21-10-7-9-20(17-21)24(29)26(5-2)6-3/h7,9-14,17H,4-6,8,15-16H2,1-3H3,(H,25,28). The Balaban J connectivity index is 1.91. The quantitative estimate of drug-likeness (QED) is 0.593. The number of ketones is 1. The van der Waals surface area contributed by atoms with E-state index in [1.165, 1.54) is 5.56 Å². The summed E-state index contributed by atoms with van der Waals surface area (Å²) in [7, 11) is 0. The Morgan fingerprint density at radius 1 is 0.862 bits per heavy atom. The maximum absolute atomic E-state index is 12.5. The molecule has 0 aromatic heterocycles. The van der Waals surface area contributed by atoms with Gasteiger partial charge in [0.15, 0.2) is 5.78 Å². The van der Waals surface area contributed by atoms with Gasteiger partial charge in [-0.2, -0.15) is 0 Å². The lowest BCUT2D eigenvalue weighted by Gasteiger charge is -2.19. The van der Waals surface area contributed by atoms with Gasteiger partial charge < -0.3 is 10.2 Å². The van der Waals surface area contributed by atoms with E-state index in [-0.39, 0.29) is 30.4 Å². The third kappa shape index (κ3) is 6.56. The second-order valence-electron chi connectivity index (χ2n) is 6.98. The highest BCUT2D eigenvalue weighted by Gasteiger charge is 2.14. The third-order valence-electron chi connectivity index (χ3n) is 4.84. The van der Waals surface area contributed by atoms with Crippen LogP contribution in [0.15, 0.2) is 48.5 Å². The summed E-state index contributed by atoms with van der Waals surface area (Å²) < 4.78 is 0. The smallest absolute Gasteiger partial charge is 0.253 e. The molecule has 2 amide bonds. The molecule has 5 heteroatoms. The van der Waals surface area contributed by atoms with Gasteiger partial charge in [0.25, 0.3) is 5.91 Å². The van der Waals surface area contributed by atoms with Gasteiger partial charge in [0.2, 0.25) is 5.91 Å². The van der Waals surface area contributed by atoms with Crippen LogP contribution >= 0.6 is 0 Å². The molecule has 0 heterocycles. The predicted octanol–water partition coefficient (Wildman–Crippen LogP) is 4.72. The van der Waals surface area contributed by atoms with Gasteiger partial charge in [0.1, 0.15) is 0 Å². The first-order valence-electron chi connectivity index (χ1n) is 10.3. The van der Waals surface area contributed by atoms with E-state index in [0.717, 1.165) is 12.8 Å². The summed E-state index contributed by atoms with van der Waals surface area (Å²) in [5.74, 6) is -0.352. The van der Waals surface area contributed by atoms with Gasteiger partial charge >= 0.3 is 0 Å². The molecule has 0 spiro atoms. The van der Waals surface area contributed by atoms with Crippen molar-refractivity contribution in [1.29, 1.82) is 0 Å². The van der Waals surface area contributed by atoms with E-state index in [1.807, 2.05) is 38.1 Å². The number of carbonyl (C=O) groups excluding carboxylic acids is 3. The fraction of sp³-hybridized carbons (Fsp3) is 0.375. The van der Waals surface area contributed by atoms with Crippen LogP contribution in [0.5, 0.6) is 0 Å². The van der Waals surface area contributed by atoms with Crippen molar-refractivity contribution < 1.29 is 14.4 Å². The Kier molecular flexibility index (Phi) is 8.59. The Bertz CT molecular complexity index is 839. The molecular weight excluding hydrogens is 364 g/mol. The second-order valence-corrected chi connectivity index (χ2v) is 6.98. The number of carbonyl (C=O) groups is 3. The Morgan fingerprint density at radius 2 is 1.55 bits per heavy atom. The molecule has 0 saturated carbocycles. The van der Waals surface area contributed by atoms with Gasteiger partial charge in [0, 0.05) is 42.7 Å². The summed E-state index contributed by atoms with van der Waals surface area (Å²) in [5.41, 5.74) is 2.93. The number of aryl methyl sites for hydroxylation is 1. The molecule has 0 saturated heterocycles. The van der Waals surface area contributed by atoms with Crippen LogP contribution in [0.2, 0.25) is 0 Å². The molecule has 0 bridgehead atoms. The number of hydrogen-bond acceptors (Lipinski definition) is 3. The van der Waals surface area contributed by atoms with Gasteiger partial charge in [0.05, 0.1) is 0 Å². The Hall–Kier alpha value is -2.95. The van der Waals surface area contributed by atoms with E-state index in [9.17, 15) is 14.4 Å². The number of hydrogen-bond donors (Lipinski definition) is 1. The number of Topliss-reactive ketones (excluding diaryl/α,β-unsaturated/α-hetero) is 1. The Morgan fingerprint density at radius 3 is 2.17 bits per heavy atom. The third-order valence-corrected chi connectivity index (χ3v) is 4.84. The van der Waals surface area contributed by atoms with Crippen molar-refractivity contribution in [3.05, 3.63) is 65.2 Å². The number of nitrogens with one attached hydrogen (secondary N) is 1. The number of amides is 2. The Labute approximate surface area is 173 Å². The van der Waals surface area contributed by atoms with Gasteiger partial charge in [-0.15, -0.1) is 0 Å². The zero-order valence-electron chi connectivity index (χ0n) is 17.5. The normalized spacial score (nSPS) is 10.4. The summed E-state index contributed by atoms with van der Waals surface area (Å²) in [6.07, 6.45) is 2.31. The summed E-state index contributed by atoms with van der Waals surface area (Å²) >= 11 is 0. The van der Waals surface area contributed by atoms with E-state index in [4.69, 9.17) is 0 Å². The first kappa shape index (κ1) is 22.3. The summed E-state index contributed by atoms with van der Waals surface area (Å²) in [6, 6.07) is 14.5. The van der Waals surface area contributed by atoms with E-state index >= 15 is 0 Å². The minimum atomic E-state index is -0.242. The maximum Gasteiger partial charge on any atom is 0.253 e. The minimum Gasteiger partial charge on any atom is -0.339 e. The van der Waals surface area contributed by atoms with Crippen LogP contribution in [0, 0.1) is 0 Å². The van der Waals surface area contributed by atoms with Crippen molar-refractivity contribution in [3.8, 4) is 0 Å². The average molecular weight is 395 g/mol. The number of nitrogens with zero attached hydrogens (tertiary/aromatic N) is 1. The van der Waals surface area contributed by atoms with Crippen molar-refractivity contribution in [1.82, 2.24) is 4.90 Å². The number of benzene rings is 2. The van der Waals surface area contributed by atoms with E-state index in [0.29, 0.717) is 29.9 Å². The summed E-state index contributed by atoms with van der Waals surface area (Å²) in [5, 5.41) is 2.78. The van der Waals surface area contributed by atoms with Crippen LogP contribution in [0.25, 0.3) is 0 Å². The first-order valence-corrected chi connectivity index (χ1v) is 10.3. The molecule has 0 aliphatic rings. The predicted molar refractivity (Wildman–Crippen MR) is 116 cm³/mol. The molecule has 154 valence electrons. The average Bonchev–Trinajstić information content (AvgIpc) is 2.74. The van der Waals surface area contributed by atoms with Crippen molar-refractivity contribution >= 4 is 23.3 Å². The molecule has 0 unspecified atom stereocenters. The first-order chi connectivity index (χ1) is 14.0. The molecule has 0 atom stereocenters. The van der Waals surface area contributed by atoms with Gasteiger partial charge in [-0.25, -0.2) is 0 Å². The van der Waals surface area contributed by atoms with Gasteiger partial charge in [-0.3, -0.25) is 14.4 Å². The van der Waals surface area contributed by atoms with Crippen LogP contribution in [0.1, 0.15) is 66.3 Å². The SMILES string of the molecule is CCCc1ccc(C(=O)CCC(=O)Nc2cccc(C(=O)N(CC)CC)c2)cc1. The molecule has 2 aromatic rings. The lowest BCUT2D eigenvalue weighted by Crippen LogP contribution is -2.30. The van der Waals surface area contributed by atoms with Crippen LogP contribution in [0.3, 0.4) is 0 Å². The molecule has 2 rings (SSSR count). The van der Waals surface area contributed by atoms with Crippen molar-refractivity contribution in [2.45, 2.75) is 46.5 Å². The number of anilines is 1. The second kappa shape index (κ2) is 11.1. The molecule has 1 N–H and O–H groups in total. The maximum atomic E-state index is 12.5. The molecule has 0 aliphatic heterocycles. The zero-order valence-corrected chi connectivity index (χ0v) is 17.5. The lowest BCUT2D eigenvalue weighted by molar-refractivity contribution is -0.116. The summed E-state index contributed by atoms with van der Waals surface area (Å²) in [4.78, 5) is 38.8. The van der Waals surface area contributed by atoms with Crippen molar-refractivity contribution in [3.63, 3.8) is 0 Å². The van der Waals surface area contributed by atoms with Gasteiger partial charge in [-0.05, 0) is 44.0 Å².